The first kappa shape index (κ1) is 19.3. The van der Waals surface area contributed by atoms with Crippen LogP contribution in [0.15, 0.2) is 30.3 Å². The summed E-state index contributed by atoms with van der Waals surface area (Å²) in [6, 6.07) is 9.22. The highest BCUT2D eigenvalue weighted by Crippen LogP contribution is 2.36. The average molecular weight is 393 g/mol. The SMILES string of the molecule is O=C(CCc1nc(Cl)n[nH]1)N1CC[C@](Cc2ccccc2)(C(=O)O)[C@H](O)C1. The van der Waals surface area contributed by atoms with Crippen molar-refractivity contribution < 1.29 is 19.8 Å². The molecule has 2 aromatic rings. The van der Waals surface area contributed by atoms with Crippen LogP contribution in [0.3, 0.4) is 0 Å². The number of carboxylic acid groups (broad SMARTS) is 1. The lowest BCUT2D eigenvalue weighted by Gasteiger charge is -2.43. The van der Waals surface area contributed by atoms with Crippen LogP contribution in [0.4, 0.5) is 0 Å². The lowest BCUT2D eigenvalue weighted by Crippen LogP contribution is -2.57. The Labute approximate surface area is 161 Å². The maximum Gasteiger partial charge on any atom is 0.312 e. The van der Waals surface area contributed by atoms with Gasteiger partial charge in [0, 0.05) is 25.9 Å². The molecular formula is C18H21ClN4O4. The summed E-state index contributed by atoms with van der Waals surface area (Å²) in [4.78, 5) is 29.9. The van der Waals surface area contributed by atoms with Gasteiger partial charge in [-0.1, -0.05) is 30.3 Å². The second-order valence-electron chi connectivity index (χ2n) is 6.78. The predicted molar refractivity (Wildman–Crippen MR) is 97.1 cm³/mol. The number of hydrogen-bond acceptors (Lipinski definition) is 5. The number of H-pyrrole nitrogens is 1. The Morgan fingerprint density at radius 1 is 1.33 bits per heavy atom. The van der Waals surface area contributed by atoms with Gasteiger partial charge in [0.05, 0.1) is 6.10 Å². The summed E-state index contributed by atoms with van der Waals surface area (Å²) in [6.45, 7) is 0.279. The number of aliphatic carboxylic acids is 1. The minimum Gasteiger partial charge on any atom is -0.481 e. The van der Waals surface area contributed by atoms with Crippen molar-refractivity contribution in [2.45, 2.75) is 31.8 Å². The van der Waals surface area contributed by atoms with Crippen LogP contribution in [0.25, 0.3) is 0 Å². The Morgan fingerprint density at radius 2 is 2.07 bits per heavy atom. The molecule has 3 N–H and O–H groups in total. The predicted octanol–water partition coefficient (Wildman–Crippen LogP) is 1.30. The molecule has 1 fully saturated rings. The van der Waals surface area contributed by atoms with Crippen molar-refractivity contribution >= 4 is 23.5 Å². The quantitative estimate of drug-likeness (QED) is 0.681. The van der Waals surface area contributed by atoms with Crippen molar-refractivity contribution in [2.24, 2.45) is 5.41 Å². The third-order valence-corrected chi connectivity index (χ3v) is 5.25. The zero-order valence-electron chi connectivity index (χ0n) is 14.6. The van der Waals surface area contributed by atoms with Crippen molar-refractivity contribution in [1.29, 1.82) is 0 Å². The summed E-state index contributed by atoms with van der Waals surface area (Å²) in [7, 11) is 0. The van der Waals surface area contributed by atoms with Gasteiger partial charge < -0.3 is 15.1 Å². The van der Waals surface area contributed by atoms with Gasteiger partial charge in [0.25, 0.3) is 0 Å². The van der Waals surface area contributed by atoms with Gasteiger partial charge in [0.1, 0.15) is 11.2 Å². The fourth-order valence-corrected chi connectivity index (χ4v) is 3.61. The van der Waals surface area contributed by atoms with E-state index < -0.39 is 17.5 Å². The van der Waals surface area contributed by atoms with Crippen LogP contribution in [0.5, 0.6) is 0 Å². The number of nitrogens with zero attached hydrogens (tertiary/aromatic N) is 3. The second kappa shape index (κ2) is 8.06. The molecule has 9 heteroatoms. The van der Waals surface area contributed by atoms with E-state index >= 15 is 0 Å². The second-order valence-corrected chi connectivity index (χ2v) is 7.12. The number of rotatable bonds is 6. The van der Waals surface area contributed by atoms with Crippen LogP contribution in [0.2, 0.25) is 5.28 Å². The molecule has 0 spiro atoms. The number of hydrogen-bond donors (Lipinski definition) is 3. The topological polar surface area (TPSA) is 119 Å². The molecular weight excluding hydrogens is 372 g/mol. The number of aromatic nitrogens is 3. The lowest BCUT2D eigenvalue weighted by atomic mass is 9.71. The van der Waals surface area contributed by atoms with Crippen molar-refractivity contribution in [2.75, 3.05) is 13.1 Å². The number of carbonyl (C=O) groups excluding carboxylic acids is 1. The fourth-order valence-electron chi connectivity index (χ4n) is 3.46. The summed E-state index contributed by atoms with van der Waals surface area (Å²) in [5.74, 6) is -0.697. The van der Waals surface area contributed by atoms with Gasteiger partial charge in [-0.25, -0.2) is 4.98 Å². The maximum absolute atomic E-state index is 12.4. The third-order valence-electron chi connectivity index (χ3n) is 5.08. The molecule has 1 aromatic carbocycles. The Bertz CT molecular complexity index is 813. The number of aromatic amines is 1. The zero-order valence-corrected chi connectivity index (χ0v) is 15.4. The molecule has 0 saturated carbocycles. The number of amides is 1. The first-order valence-electron chi connectivity index (χ1n) is 8.70. The van der Waals surface area contributed by atoms with E-state index in [0.717, 1.165) is 5.56 Å². The molecule has 1 aliphatic heterocycles. The summed E-state index contributed by atoms with van der Waals surface area (Å²) >= 11 is 5.63. The van der Waals surface area contributed by atoms with E-state index in [9.17, 15) is 19.8 Å². The van der Waals surface area contributed by atoms with Gasteiger partial charge in [-0.05, 0) is 30.0 Å². The minimum absolute atomic E-state index is 0.00483. The number of benzene rings is 1. The highest BCUT2D eigenvalue weighted by Gasteiger charge is 2.49. The van der Waals surface area contributed by atoms with E-state index in [-0.39, 0.29) is 43.5 Å². The normalized spacial score (nSPS) is 22.6. The molecule has 0 aliphatic carbocycles. The van der Waals surface area contributed by atoms with Crippen LogP contribution >= 0.6 is 11.6 Å². The van der Waals surface area contributed by atoms with Crippen LogP contribution in [-0.2, 0) is 22.4 Å². The Balaban J connectivity index is 1.64. The van der Waals surface area contributed by atoms with Crippen LogP contribution in [0, 0.1) is 5.41 Å². The summed E-state index contributed by atoms with van der Waals surface area (Å²) in [5, 5.41) is 26.9. The Hall–Kier alpha value is -2.45. The number of piperidine rings is 1. The number of carbonyl (C=O) groups is 2. The zero-order chi connectivity index (χ0) is 19.4. The molecule has 0 radical (unpaired) electrons. The van der Waals surface area contributed by atoms with Crippen molar-refractivity contribution in [1.82, 2.24) is 20.1 Å². The molecule has 0 unspecified atom stereocenters. The summed E-state index contributed by atoms with van der Waals surface area (Å²) in [5.41, 5.74) is -0.447. The van der Waals surface area contributed by atoms with E-state index in [4.69, 9.17) is 11.6 Å². The molecule has 27 heavy (non-hydrogen) atoms. The highest BCUT2D eigenvalue weighted by molar-refractivity contribution is 6.28. The summed E-state index contributed by atoms with van der Waals surface area (Å²) in [6.07, 6.45) is -0.204. The number of aliphatic hydroxyl groups is 1. The standard InChI is InChI=1S/C18H21ClN4O4/c19-17-20-14(21-22-17)6-7-15(25)23-9-8-18(16(26)27,13(24)11-23)10-12-4-2-1-3-5-12/h1-5,13,24H,6-11H2,(H,26,27)(H,20,21,22)/t13-,18-/m1/s1. The van der Waals surface area contributed by atoms with E-state index in [2.05, 4.69) is 15.2 Å². The molecule has 8 nitrogen and oxygen atoms in total. The molecule has 0 bridgehead atoms. The lowest BCUT2D eigenvalue weighted by molar-refractivity contribution is -0.166. The van der Waals surface area contributed by atoms with Gasteiger partial charge in [-0.3, -0.25) is 14.7 Å². The van der Waals surface area contributed by atoms with Gasteiger partial charge in [-0.2, -0.15) is 0 Å². The van der Waals surface area contributed by atoms with Crippen LogP contribution in [-0.4, -0.2) is 61.4 Å². The molecule has 1 aromatic heterocycles. The summed E-state index contributed by atoms with van der Waals surface area (Å²) < 4.78 is 0. The molecule has 1 amide bonds. The first-order valence-corrected chi connectivity index (χ1v) is 9.08. The molecule has 144 valence electrons. The number of aliphatic hydroxyl groups excluding tert-OH is 1. The van der Waals surface area contributed by atoms with E-state index in [1.807, 2.05) is 30.3 Å². The van der Waals surface area contributed by atoms with E-state index in [0.29, 0.717) is 12.2 Å². The maximum atomic E-state index is 12.4. The van der Waals surface area contributed by atoms with E-state index in [1.54, 1.807) is 0 Å². The molecule has 1 saturated heterocycles. The van der Waals surface area contributed by atoms with Gasteiger partial charge in [0.2, 0.25) is 11.2 Å². The molecule has 2 heterocycles. The largest absolute Gasteiger partial charge is 0.481 e. The number of nitrogens with one attached hydrogen (secondary N) is 1. The Kier molecular flexibility index (Phi) is 5.76. The van der Waals surface area contributed by atoms with Gasteiger partial charge in [0.15, 0.2) is 0 Å². The van der Waals surface area contributed by atoms with Gasteiger partial charge >= 0.3 is 5.97 Å². The van der Waals surface area contributed by atoms with Crippen LogP contribution < -0.4 is 0 Å². The van der Waals surface area contributed by atoms with Crippen molar-refractivity contribution in [3.05, 3.63) is 47.0 Å². The van der Waals surface area contributed by atoms with Crippen molar-refractivity contribution in [3.63, 3.8) is 0 Å². The Morgan fingerprint density at radius 3 is 2.67 bits per heavy atom. The number of halogens is 1. The minimum atomic E-state index is -1.30. The number of likely N-dealkylation sites (tertiary alicyclic amines) is 1. The van der Waals surface area contributed by atoms with Crippen molar-refractivity contribution in [3.8, 4) is 0 Å². The molecule has 1 aliphatic rings. The number of aryl methyl sites for hydroxylation is 1. The smallest absolute Gasteiger partial charge is 0.312 e. The monoisotopic (exact) mass is 392 g/mol. The fraction of sp³-hybridized carbons (Fsp3) is 0.444. The highest BCUT2D eigenvalue weighted by atomic mass is 35.5. The van der Waals surface area contributed by atoms with Crippen LogP contribution in [0.1, 0.15) is 24.2 Å². The van der Waals surface area contributed by atoms with E-state index in [1.165, 1.54) is 4.90 Å². The van der Waals surface area contributed by atoms with Gasteiger partial charge in [-0.15, -0.1) is 5.10 Å². The molecule has 3 rings (SSSR count). The third kappa shape index (κ3) is 4.28. The first-order chi connectivity index (χ1) is 12.9. The number of carboxylic acids is 1. The number of β-amino-alcohol motifs (C(OH)–C–C–N with tert-alkyl or cyclic N) is 1. The molecule has 2 atom stereocenters. The average Bonchev–Trinajstić information content (AvgIpc) is 3.07.